The Labute approximate surface area is 153 Å². The molecule has 1 aromatic rings. The van der Waals surface area contributed by atoms with E-state index in [1.165, 1.54) is 32.1 Å². The van der Waals surface area contributed by atoms with Crippen LogP contribution in [0.25, 0.3) is 0 Å². The molecule has 1 saturated carbocycles. The van der Waals surface area contributed by atoms with Crippen LogP contribution in [-0.2, 0) is 4.79 Å². The van der Waals surface area contributed by atoms with Crippen LogP contribution in [0.2, 0.25) is 0 Å². The number of benzene rings is 1. The molecule has 2 rings (SSSR count). The molecule has 26 heavy (non-hydrogen) atoms. The minimum absolute atomic E-state index is 0.0192. The van der Waals surface area contributed by atoms with Crippen molar-refractivity contribution in [2.24, 2.45) is 5.73 Å². The maximum Gasteiger partial charge on any atom is 0.278 e. The summed E-state index contributed by atoms with van der Waals surface area (Å²) in [6.07, 6.45) is 5.32. The van der Waals surface area contributed by atoms with Crippen molar-refractivity contribution in [1.82, 2.24) is 5.32 Å². The monoisotopic (exact) mass is 365 g/mol. The van der Waals surface area contributed by atoms with Crippen LogP contribution in [0.3, 0.4) is 0 Å². The van der Waals surface area contributed by atoms with Gasteiger partial charge in [-0.15, -0.1) is 0 Å². The summed E-state index contributed by atoms with van der Waals surface area (Å²) in [6, 6.07) is 2.66. The summed E-state index contributed by atoms with van der Waals surface area (Å²) < 4.78 is 10.9. The second kappa shape index (κ2) is 9.38. The second-order valence-corrected chi connectivity index (χ2v) is 6.61. The zero-order valence-corrected chi connectivity index (χ0v) is 15.3. The van der Waals surface area contributed by atoms with E-state index in [4.69, 9.17) is 15.2 Å². The lowest BCUT2D eigenvalue weighted by atomic mass is 10.1. The molecule has 1 atom stereocenters. The molecule has 1 aliphatic carbocycles. The van der Waals surface area contributed by atoms with Crippen LogP contribution >= 0.6 is 0 Å². The Morgan fingerprint density at radius 2 is 2.08 bits per heavy atom. The van der Waals surface area contributed by atoms with Crippen molar-refractivity contribution in [1.29, 1.82) is 0 Å². The topological polar surface area (TPSA) is 117 Å². The van der Waals surface area contributed by atoms with Gasteiger partial charge < -0.3 is 20.5 Å². The molecule has 0 heterocycles. The van der Waals surface area contributed by atoms with Gasteiger partial charge in [0.25, 0.3) is 5.69 Å². The predicted octanol–water partition coefficient (Wildman–Crippen LogP) is 2.84. The summed E-state index contributed by atoms with van der Waals surface area (Å²) in [4.78, 5) is 22.7. The average molecular weight is 365 g/mol. The standard InChI is InChI=1S/C18H27N3O5/c1-12(19)14-10-16(25-2)17(11-15(14)21(23)24)26-9-5-8-18(22)20-13-6-3-4-7-13/h10-13H,3-9,19H2,1-2H3,(H,20,22). The summed E-state index contributed by atoms with van der Waals surface area (Å²) in [6.45, 7) is 1.94. The first-order chi connectivity index (χ1) is 12.4. The number of hydrogen-bond donors (Lipinski definition) is 2. The molecule has 144 valence electrons. The SMILES string of the molecule is COc1cc(C(C)N)c([N+](=O)[O-])cc1OCCCC(=O)NC1CCCC1. The third kappa shape index (κ3) is 5.32. The number of carbonyl (C=O) groups is 1. The Morgan fingerprint density at radius 1 is 1.38 bits per heavy atom. The van der Waals surface area contributed by atoms with Crippen molar-refractivity contribution >= 4 is 11.6 Å². The zero-order valence-electron chi connectivity index (χ0n) is 15.3. The van der Waals surface area contributed by atoms with Gasteiger partial charge in [-0.3, -0.25) is 14.9 Å². The van der Waals surface area contributed by atoms with Crippen LogP contribution in [0.4, 0.5) is 5.69 Å². The lowest BCUT2D eigenvalue weighted by molar-refractivity contribution is -0.385. The highest BCUT2D eigenvalue weighted by molar-refractivity contribution is 5.76. The largest absolute Gasteiger partial charge is 0.493 e. The molecule has 8 heteroatoms. The van der Waals surface area contributed by atoms with Gasteiger partial charge in [-0.1, -0.05) is 12.8 Å². The Kier molecular flexibility index (Phi) is 7.20. The molecule has 1 aromatic carbocycles. The molecule has 1 fully saturated rings. The van der Waals surface area contributed by atoms with Crippen molar-refractivity contribution in [3.8, 4) is 11.5 Å². The number of rotatable bonds is 9. The molecule has 8 nitrogen and oxygen atoms in total. The van der Waals surface area contributed by atoms with Gasteiger partial charge in [-0.05, 0) is 32.3 Å². The number of methoxy groups -OCH3 is 1. The Hall–Kier alpha value is -2.35. The summed E-state index contributed by atoms with van der Waals surface area (Å²) in [5.74, 6) is 0.684. The Bertz CT molecular complexity index is 642. The minimum Gasteiger partial charge on any atom is -0.493 e. The number of nitrogens with zero attached hydrogens (tertiary/aromatic N) is 1. The van der Waals surface area contributed by atoms with Crippen LogP contribution in [0.5, 0.6) is 11.5 Å². The quantitative estimate of drug-likeness (QED) is 0.395. The first-order valence-electron chi connectivity index (χ1n) is 8.96. The number of nitrogens with one attached hydrogen (secondary N) is 1. The second-order valence-electron chi connectivity index (χ2n) is 6.61. The molecule has 0 bridgehead atoms. The highest BCUT2D eigenvalue weighted by Crippen LogP contribution is 2.37. The Morgan fingerprint density at radius 3 is 2.65 bits per heavy atom. The van der Waals surface area contributed by atoms with Crippen LogP contribution in [0.1, 0.15) is 57.1 Å². The van der Waals surface area contributed by atoms with E-state index in [0.29, 0.717) is 30.2 Å². The fraction of sp³-hybridized carbons (Fsp3) is 0.611. The summed E-state index contributed by atoms with van der Waals surface area (Å²) in [5.41, 5.74) is 6.09. The molecule has 1 unspecified atom stereocenters. The number of amides is 1. The van der Waals surface area contributed by atoms with E-state index < -0.39 is 11.0 Å². The molecular formula is C18H27N3O5. The van der Waals surface area contributed by atoms with Gasteiger partial charge >= 0.3 is 0 Å². The van der Waals surface area contributed by atoms with Crippen molar-refractivity contribution in [3.05, 3.63) is 27.8 Å². The van der Waals surface area contributed by atoms with Crippen molar-refractivity contribution in [3.63, 3.8) is 0 Å². The molecule has 1 amide bonds. The van der Waals surface area contributed by atoms with Crippen molar-refractivity contribution in [2.75, 3.05) is 13.7 Å². The maximum absolute atomic E-state index is 11.9. The predicted molar refractivity (Wildman–Crippen MR) is 97.4 cm³/mol. The highest BCUT2D eigenvalue weighted by Gasteiger charge is 2.22. The normalized spacial score (nSPS) is 15.5. The maximum atomic E-state index is 11.9. The van der Waals surface area contributed by atoms with Crippen molar-refractivity contribution < 1.29 is 19.2 Å². The van der Waals surface area contributed by atoms with Gasteiger partial charge in [0.1, 0.15) is 0 Å². The molecule has 1 aliphatic rings. The number of hydrogen-bond acceptors (Lipinski definition) is 6. The third-order valence-corrected chi connectivity index (χ3v) is 4.53. The molecule has 0 spiro atoms. The summed E-state index contributed by atoms with van der Waals surface area (Å²) >= 11 is 0. The Balaban J connectivity index is 1.92. The molecule has 0 radical (unpaired) electrons. The first kappa shape index (κ1) is 20.0. The van der Waals surface area contributed by atoms with Crippen LogP contribution in [0.15, 0.2) is 12.1 Å². The summed E-state index contributed by atoms with van der Waals surface area (Å²) in [7, 11) is 1.47. The number of nitro groups is 1. The van der Waals surface area contributed by atoms with Gasteiger partial charge in [-0.2, -0.15) is 0 Å². The van der Waals surface area contributed by atoms with Gasteiger partial charge in [0.15, 0.2) is 11.5 Å². The van der Waals surface area contributed by atoms with E-state index in [9.17, 15) is 14.9 Å². The van der Waals surface area contributed by atoms with Gasteiger partial charge in [0, 0.05) is 18.5 Å². The van der Waals surface area contributed by atoms with Crippen LogP contribution < -0.4 is 20.5 Å². The van der Waals surface area contributed by atoms with E-state index in [1.807, 2.05) is 0 Å². The third-order valence-electron chi connectivity index (χ3n) is 4.53. The molecule has 3 N–H and O–H groups in total. The zero-order chi connectivity index (χ0) is 19.1. The number of nitrogens with two attached hydrogens (primary N) is 1. The van der Waals surface area contributed by atoms with Gasteiger partial charge in [0.2, 0.25) is 5.91 Å². The van der Waals surface area contributed by atoms with Crippen molar-refractivity contribution in [2.45, 2.75) is 57.5 Å². The van der Waals surface area contributed by atoms with Crippen LogP contribution in [-0.4, -0.2) is 30.6 Å². The molecular weight excluding hydrogens is 338 g/mol. The molecule has 0 aliphatic heterocycles. The van der Waals surface area contributed by atoms with Gasteiger partial charge in [0.05, 0.1) is 30.3 Å². The fourth-order valence-electron chi connectivity index (χ4n) is 3.14. The number of nitro benzene ring substituents is 1. The number of carbonyl (C=O) groups excluding carboxylic acids is 1. The minimum atomic E-state index is -0.502. The van der Waals surface area contributed by atoms with E-state index in [1.54, 1.807) is 6.92 Å². The van der Waals surface area contributed by atoms with Gasteiger partial charge in [-0.25, -0.2) is 0 Å². The van der Waals surface area contributed by atoms with E-state index >= 15 is 0 Å². The van der Waals surface area contributed by atoms with E-state index in [0.717, 1.165) is 12.8 Å². The molecule has 0 aromatic heterocycles. The lowest BCUT2D eigenvalue weighted by Gasteiger charge is -2.15. The summed E-state index contributed by atoms with van der Waals surface area (Å²) in [5, 5.41) is 14.3. The lowest BCUT2D eigenvalue weighted by Crippen LogP contribution is -2.32. The highest BCUT2D eigenvalue weighted by atomic mass is 16.6. The average Bonchev–Trinajstić information content (AvgIpc) is 3.10. The van der Waals surface area contributed by atoms with E-state index in [2.05, 4.69) is 5.32 Å². The smallest absolute Gasteiger partial charge is 0.278 e. The molecule has 0 saturated heterocycles. The number of ether oxygens (including phenoxy) is 2. The fourth-order valence-corrected chi connectivity index (χ4v) is 3.14. The van der Waals surface area contributed by atoms with E-state index in [-0.39, 0.29) is 24.0 Å². The first-order valence-corrected chi connectivity index (χ1v) is 8.96. The van der Waals surface area contributed by atoms with Crippen LogP contribution in [0, 0.1) is 10.1 Å².